The van der Waals surface area contributed by atoms with Gasteiger partial charge in [0.25, 0.3) is 0 Å². The smallest absolute Gasteiger partial charge is 0.239 e. The lowest BCUT2D eigenvalue weighted by Gasteiger charge is -2.15. The first-order valence-electron chi connectivity index (χ1n) is 10.7. The molecule has 5 rings (SSSR count). The molecule has 0 bridgehead atoms. The van der Waals surface area contributed by atoms with Crippen LogP contribution in [-0.4, -0.2) is 23.6 Å². The lowest BCUT2D eigenvalue weighted by atomic mass is 9.96. The Bertz CT molecular complexity index is 1630. The van der Waals surface area contributed by atoms with E-state index in [1.54, 1.807) is 12.1 Å². The number of anilines is 1. The van der Waals surface area contributed by atoms with Crippen LogP contribution in [0.1, 0.15) is 5.56 Å². The van der Waals surface area contributed by atoms with Gasteiger partial charge in [-0.2, -0.15) is 0 Å². The first-order valence-corrected chi connectivity index (χ1v) is 12.3. The summed E-state index contributed by atoms with van der Waals surface area (Å²) >= 11 is 0. The molecule has 0 saturated carbocycles. The quantitative estimate of drug-likeness (QED) is 0.359. The molecule has 0 aliphatic heterocycles. The van der Waals surface area contributed by atoms with E-state index in [-0.39, 0.29) is 10.7 Å². The first kappa shape index (κ1) is 22.6. The number of nitrogens with two attached hydrogens (primary N) is 1. The van der Waals surface area contributed by atoms with Crippen LogP contribution in [0.5, 0.6) is 0 Å². The van der Waals surface area contributed by atoms with Gasteiger partial charge in [0.1, 0.15) is 16.4 Å². The average molecular weight is 486 g/mol. The Kier molecular flexibility index (Phi) is 5.94. The predicted molar refractivity (Wildman–Crippen MR) is 133 cm³/mol. The van der Waals surface area contributed by atoms with Crippen molar-refractivity contribution in [2.24, 2.45) is 5.14 Å². The molecule has 0 amide bonds. The van der Waals surface area contributed by atoms with Crippen molar-refractivity contribution in [3.8, 4) is 22.4 Å². The number of hydrogen-bond acceptors (Lipinski definition) is 6. The minimum atomic E-state index is -3.95. The summed E-state index contributed by atoms with van der Waals surface area (Å²) in [4.78, 5) is 3.92. The van der Waals surface area contributed by atoms with Crippen molar-refractivity contribution in [1.29, 1.82) is 0 Å². The molecular formula is C26H20FN5O2S. The summed E-state index contributed by atoms with van der Waals surface area (Å²) in [7, 11) is -3.95. The summed E-state index contributed by atoms with van der Waals surface area (Å²) < 4.78 is 37.4. The molecule has 0 aliphatic carbocycles. The normalized spacial score (nSPS) is 11.5. The molecule has 7 nitrogen and oxygen atoms in total. The molecule has 35 heavy (non-hydrogen) atoms. The highest BCUT2D eigenvalue weighted by molar-refractivity contribution is 7.89. The van der Waals surface area contributed by atoms with Gasteiger partial charge in [-0.25, -0.2) is 17.9 Å². The van der Waals surface area contributed by atoms with Crippen LogP contribution in [0, 0.1) is 5.82 Å². The van der Waals surface area contributed by atoms with Crippen LogP contribution in [-0.2, 0) is 16.6 Å². The van der Waals surface area contributed by atoms with Crippen molar-refractivity contribution >= 4 is 26.6 Å². The third kappa shape index (κ3) is 4.72. The van der Waals surface area contributed by atoms with Gasteiger partial charge >= 0.3 is 0 Å². The van der Waals surface area contributed by atoms with E-state index in [1.165, 1.54) is 30.6 Å². The van der Waals surface area contributed by atoms with E-state index in [2.05, 4.69) is 20.5 Å². The van der Waals surface area contributed by atoms with Gasteiger partial charge in [-0.05, 0) is 34.9 Å². The van der Waals surface area contributed by atoms with Crippen molar-refractivity contribution in [2.45, 2.75) is 11.4 Å². The Hall–Kier alpha value is -4.21. The largest absolute Gasteiger partial charge is 0.364 e. The molecule has 0 atom stereocenters. The zero-order chi connectivity index (χ0) is 24.4. The number of hydrogen-bond donors (Lipinski definition) is 2. The maximum atomic E-state index is 13.6. The Morgan fingerprint density at radius 3 is 2.37 bits per heavy atom. The second-order valence-electron chi connectivity index (χ2n) is 7.93. The van der Waals surface area contributed by atoms with Gasteiger partial charge in [0.2, 0.25) is 10.0 Å². The summed E-state index contributed by atoms with van der Waals surface area (Å²) in [5, 5.41) is 19.0. The van der Waals surface area contributed by atoms with Crippen LogP contribution >= 0.6 is 0 Å². The number of fused-ring (bicyclic) bond motifs is 1. The number of benzene rings is 3. The Labute approximate surface area is 201 Å². The number of aromatic nitrogens is 3. The molecule has 0 fully saturated rings. The van der Waals surface area contributed by atoms with Crippen molar-refractivity contribution in [1.82, 2.24) is 15.2 Å². The van der Waals surface area contributed by atoms with Crippen molar-refractivity contribution in [2.75, 3.05) is 5.32 Å². The molecule has 3 N–H and O–H groups in total. The minimum absolute atomic E-state index is 0.120. The molecule has 0 radical (unpaired) electrons. The minimum Gasteiger partial charge on any atom is -0.364 e. The standard InChI is InChI=1S/C26H20FN5O2S/c27-20-11-9-18(10-12-20)22-7-4-8-23-24(22)26(30-14-17-5-2-1-3-6-17)32-31-25(23)19-13-21(16-29-15-19)35(28,33)34/h1-13,15-16H,14H2,(H,30,32)(H2,28,33,34). The predicted octanol–water partition coefficient (Wildman–Crippen LogP) is 4.76. The zero-order valence-corrected chi connectivity index (χ0v) is 19.2. The first-order chi connectivity index (χ1) is 16.9. The molecule has 0 unspecified atom stereocenters. The van der Waals surface area contributed by atoms with E-state index in [9.17, 15) is 12.8 Å². The van der Waals surface area contributed by atoms with Crippen LogP contribution in [0.3, 0.4) is 0 Å². The summed E-state index contributed by atoms with van der Waals surface area (Å²) in [6, 6.07) is 23.2. The van der Waals surface area contributed by atoms with Crippen molar-refractivity contribution < 1.29 is 12.8 Å². The van der Waals surface area contributed by atoms with Gasteiger partial charge in [0.05, 0.1) is 0 Å². The Morgan fingerprint density at radius 2 is 1.63 bits per heavy atom. The van der Waals surface area contributed by atoms with Gasteiger partial charge in [-0.3, -0.25) is 4.98 Å². The molecule has 2 aromatic heterocycles. The molecule has 0 spiro atoms. The molecule has 174 valence electrons. The molecule has 2 heterocycles. The van der Waals surface area contributed by atoms with Crippen LogP contribution < -0.4 is 10.5 Å². The van der Waals surface area contributed by atoms with E-state index in [0.29, 0.717) is 23.6 Å². The number of sulfonamides is 1. The number of halogens is 1. The Balaban J connectivity index is 1.71. The molecule has 5 aromatic rings. The van der Waals surface area contributed by atoms with E-state index in [4.69, 9.17) is 5.14 Å². The fraction of sp³-hybridized carbons (Fsp3) is 0.0385. The number of nitrogens with zero attached hydrogens (tertiary/aromatic N) is 3. The topological polar surface area (TPSA) is 111 Å². The molecule has 3 aromatic carbocycles. The van der Waals surface area contributed by atoms with E-state index >= 15 is 0 Å². The van der Waals surface area contributed by atoms with Gasteiger partial charge in [0, 0.05) is 35.3 Å². The highest BCUT2D eigenvalue weighted by atomic mass is 32.2. The fourth-order valence-corrected chi connectivity index (χ4v) is 4.40. The highest BCUT2D eigenvalue weighted by Gasteiger charge is 2.18. The van der Waals surface area contributed by atoms with E-state index in [0.717, 1.165) is 27.5 Å². The average Bonchev–Trinajstić information content (AvgIpc) is 2.87. The second kappa shape index (κ2) is 9.21. The molecule has 0 aliphatic rings. The lowest BCUT2D eigenvalue weighted by Crippen LogP contribution is -2.12. The van der Waals surface area contributed by atoms with Crippen molar-refractivity contribution in [3.63, 3.8) is 0 Å². The van der Waals surface area contributed by atoms with Crippen LogP contribution in [0.25, 0.3) is 33.2 Å². The number of rotatable bonds is 6. The van der Waals surface area contributed by atoms with Gasteiger partial charge < -0.3 is 5.32 Å². The third-order valence-corrected chi connectivity index (χ3v) is 6.46. The summed E-state index contributed by atoms with van der Waals surface area (Å²) in [5.74, 6) is 0.214. The lowest BCUT2D eigenvalue weighted by molar-refractivity contribution is 0.597. The van der Waals surface area contributed by atoms with Crippen LogP contribution in [0.15, 0.2) is 96.2 Å². The highest BCUT2D eigenvalue weighted by Crippen LogP contribution is 2.37. The molecule has 9 heteroatoms. The van der Waals surface area contributed by atoms with Crippen LogP contribution in [0.4, 0.5) is 10.2 Å². The number of primary sulfonamides is 1. The maximum absolute atomic E-state index is 13.6. The summed E-state index contributed by atoms with van der Waals surface area (Å²) in [6.45, 7) is 0.518. The number of nitrogens with one attached hydrogen (secondary N) is 1. The Morgan fingerprint density at radius 1 is 0.857 bits per heavy atom. The SMILES string of the molecule is NS(=O)(=O)c1cncc(-c2nnc(NCc3ccccc3)c3c(-c4ccc(F)cc4)cccc23)c1. The van der Waals surface area contributed by atoms with Gasteiger partial charge in [0.15, 0.2) is 5.82 Å². The monoisotopic (exact) mass is 485 g/mol. The molecular weight excluding hydrogens is 465 g/mol. The summed E-state index contributed by atoms with van der Waals surface area (Å²) in [5.41, 5.74) is 3.60. The van der Waals surface area contributed by atoms with Crippen molar-refractivity contribution in [3.05, 3.63) is 103 Å². The fourth-order valence-electron chi connectivity index (χ4n) is 3.90. The van der Waals surface area contributed by atoms with Gasteiger partial charge in [-0.1, -0.05) is 60.7 Å². The number of pyridine rings is 1. The molecule has 0 saturated heterocycles. The zero-order valence-electron chi connectivity index (χ0n) is 18.4. The van der Waals surface area contributed by atoms with Gasteiger partial charge in [-0.15, -0.1) is 10.2 Å². The van der Waals surface area contributed by atoms with Crippen LogP contribution in [0.2, 0.25) is 0 Å². The van der Waals surface area contributed by atoms with E-state index in [1.807, 2.05) is 48.5 Å². The maximum Gasteiger partial charge on any atom is 0.239 e. The third-order valence-electron chi connectivity index (χ3n) is 5.58. The van der Waals surface area contributed by atoms with E-state index < -0.39 is 10.0 Å². The second-order valence-corrected chi connectivity index (χ2v) is 9.49. The summed E-state index contributed by atoms with van der Waals surface area (Å²) in [6.07, 6.45) is 2.70.